The molecule has 0 N–H and O–H groups in total. The Balaban J connectivity index is 1.66. The minimum atomic E-state index is -1.70. The number of likely N-dealkylation sites (tertiary alicyclic amines) is 1. The molecule has 7 heteroatoms. The largest absolute Gasteiger partial charge is 0.465 e. The van der Waals surface area contributed by atoms with Crippen molar-refractivity contribution in [2.45, 2.75) is 31.5 Å². The van der Waals surface area contributed by atoms with Crippen molar-refractivity contribution in [3.8, 4) is 6.07 Å². The number of rotatable bonds is 7. The van der Waals surface area contributed by atoms with Gasteiger partial charge in [-0.15, -0.1) is 0 Å². The fourth-order valence-corrected chi connectivity index (χ4v) is 5.27. The molecule has 0 aromatic heterocycles. The number of ether oxygens (including phenoxy) is 1. The van der Waals surface area contributed by atoms with Crippen molar-refractivity contribution in [2.75, 3.05) is 20.2 Å². The van der Waals surface area contributed by atoms with Gasteiger partial charge < -0.3 is 4.74 Å². The van der Waals surface area contributed by atoms with Crippen LogP contribution in [-0.2, 0) is 4.74 Å². The lowest BCUT2D eigenvalue weighted by molar-refractivity contribution is 0.00804. The van der Waals surface area contributed by atoms with Crippen molar-refractivity contribution in [2.24, 2.45) is 5.92 Å². The molecule has 0 spiro atoms. The second-order valence-electron chi connectivity index (χ2n) is 9.71. The van der Waals surface area contributed by atoms with Gasteiger partial charge >= 0.3 is 5.97 Å². The van der Waals surface area contributed by atoms with Gasteiger partial charge in [-0.2, -0.15) is 5.26 Å². The summed E-state index contributed by atoms with van der Waals surface area (Å²) in [6.07, 6.45) is 0. The van der Waals surface area contributed by atoms with Crippen LogP contribution in [0.4, 0.5) is 13.2 Å². The molecule has 0 amide bonds. The molecule has 186 valence electrons. The van der Waals surface area contributed by atoms with Crippen molar-refractivity contribution in [3.63, 3.8) is 0 Å². The fraction of sp³-hybridized carbons (Fsp3) is 0.310. The third-order valence-corrected chi connectivity index (χ3v) is 6.74. The molecule has 4 nitrogen and oxygen atoms in total. The molecule has 1 fully saturated rings. The van der Waals surface area contributed by atoms with Crippen LogP contribution in [0, 0.1) is 28.9 Å². The van der Waals surface area contributed by atoms with Gasteiger partial charge in [-0.3, -0.25) is 4.90 Å². The van der Waals surface area contributed by atoms with E-state index >= 15 is 4.39 Å². The summed E-state index contributed by atoms with van der Waals surface area (Å²) in [6.45, 7) is 3.83. The summed E-state index contributed by atoms with van der Waals surface area (Å²) in [6, 6.07) is 19.4. The van der Waals surface area contributed by atoms with Gasteiger partial charge in [0.1, 0.15) is 17.3 Å². The summed E-state index contributed by atoms with van der Waals surface area (Å²) in [4.78, 5) is 14.0. The first kappa shape index (κ1) is 25.5. The number of esters is 1. The first-order valence-electron chi connectivity index (χ1n) is 11.7. The Bertz CT molecular complexity index is 1270. The summed E-state index contributed by atoms with van der Waals surface area (Å²) in [7, 11) is 1.32. The fourth-order valence-electron chi connectivity index (χ4n) is 5.27. The standard InChI is InChI=1S/C29H27F3N2O2/c1-29(2,32)26(22-12-24(30)14-25(31)13-22)23-16-34(17-23)27(21-6-4-5-18(11-21)15-33)19-7-9-20(10-8-19)28(35)36-3/h4-14,23,26-27H,16-17H2,1-3H3/t26-,27?/m1/s1. The van der Waals surface area contributed by atoms with Crippen molar-refractivity contribution in [3.05, 3.63) is 106 Å². The number of nitrogens with zero attached hydrogens (tertiary/aromatic N) is 2. The van der Waals surface area contributed by atoms with Crippen LogP contribution in [0.1, 0.15) is 58.4 Å². The van der Waals surface area contributed by atoms with Gasteiger partial charge in [-0.25, -0.2) is 18.0 Å². The Morgan fingerprint density at radius 3 is 2.19 bits per heavy atom. The SMILES string of the molecule is COC(=O)c1ccc(C(c2cccc(C#N)c2)N2CC([C@@H](c3cc(F)cc(F)c3)C(C)(C)F)C2)cc1. The molecule has 0 aliphatic carbocycles. The van der Waals surface area contributed by atoms with E-state index in [9.17, 15) is 18.8 Å². The molecule has 4 rings (SSSR count). The number of carbonyl (C=O) groups is 1. The maximum Gasteiger partial charge on any atom is 0.337 e. The summed E-state index contributed by atoms with van der Waals surface area (Å²) in [5, 5.41) is 9.41. The van der Waals surface area contributed by atoms with Gasteiger partial charge in [0.05, 0.1) is 30.3 Å². The molecule has 3 aromatic carbocycles. The molecule has 0 radical (unpaired) electrons. The quantitative estimate of drug-likeness (QED) is 0.370. The van der Waals surface area contributed by atoms with Gasteiger partial charge in [0.2, 0.25) is 0 Å². The third kappa shape index (κ3) is 5.29. The predicted molar refractivity (Wildman–Crippen MR) is 130 cm³/mol. The number of carbonyl (C=O) groups excluding carboxylic acids is 1. The van der Waals surface area contributed by atoms with E-state index < -0.39 is 29.2 Å². The normalized spacial score (nSPS) is 16.0. The summed E-state index contributed by atoms with van der Waals surface area (Å²) < 4.78 is 48.1. The molecular formula is C29H27F3N2O2. The topological polar surface area (TPSA) is 53.3 Å². The van der Waals surface area contributed by atoms with E-state index in [-0.39, 0.29) is 12.0 Å². The summed E-state index contributed by atoms with van der Waals surface area (Å²) in [5.74, 6) is -2.78. The summed E-state index contributed by atoms with van der Waals surface area (Å²) >= 11 is 0. The minimum Gasteiger partial charge on any atom is -0.465 e. The number of methoxy groups -OCH3 is 1. The highest BCUT2D eigenvalue weighted by molar-refractivity contribution is 5.89. The van der Waals surface area contributed by atoms with Crippen LogP contribution < -0.4 is 0 Å². The Labute approximate surface area is 208 Å². The molecule has 1 heterocycles. The highest BCUT2D eigenvalue weighted by Gasteiger charge is 2.45. The molecule has 0 saturated carbocycles. The van der Waals surface area contributed by atoms with Crippen LogP contribution in [0.25, 0.3) is 0 Å². The molecule has 2 atom stereocenters. The lowest BCUT2D eigenvalue weighted by Gasteiger charge is -2.50. The lowest BCUT2D eigenvalue weighted by atomic mass is 9.72. The van der Waals surface area contributed by atoms with Crippen LogP contribution >= 0.6 is 0 Å². The molecule has 1 unspecified atom stereocenters. The molecule has 1 saturated heterocycles. The van der Waals surface area contributed by atoms with Crippen LogP contribution in [-0.4, -0.2) is 36.7 Å². The van der Waals surface area contributed by atoms with E-state index in [2.05, 4.69) is 11.0 Å². The first-order valence-corrected chi connectivity index (χ1v) is 11.7. The molecule has 1 aliphatic heterocycles. The zero-order chi connectivity index (χ0) is 26.0. The van der Waals surface area contributed by atoms with E-state index in [1.54, 1.807) is 18.2 Å². The molecule has 3 aromatic rings. The van der Waals surface area contributed by atoms with E-state index in [4.69, 9.17) is 4.74 Å². The van der Waals surface area contributed by atoms with Crippen molar-refractivity contribution < 1.29 is 22.7 Å². The van der Waals surface area contributed by atoms with Crippen molar-refractivity contribution in [1.82, 2.24) is 4.90 Å². The maximum atomic E-state index is 15.4. The molecule has 0 bridgehead atoms. The van der Waals surface area contributed by atoms with E-state index in [0.717, 1.165) is 17.2 Å². The highest BCUT2D eigenvalue weighted by Crippen LogP contribution is 2.45. The third-order valence-electron chi connectivity index (χ3n) is 6.74. The number of alkyl halides is 1. The van der Waals surface area contributed by atoms with E-state index in [1.807, 2.05) is 30.3 Å². The average molecular weight is 493 g/mol. The van der Waals surface area contributed by atoms with Crippen LogP contribution in [0.15, 0.2) is 66.7 Å². The maximum absolute atomic E-state index is 15.4. The number of benzene rings is 3. The Morgan fingerprint density at radius 1 is 1.00 bits per heavy atom. The molecular weight excluding hydrogens is 465 g/mol. The van der Waals surface area contributed by atoms with E-state index in [0.29, 0.717) is 29.8 Å². The highest BCUT2D eigenvalue weighted by atomic mass is 19.1. The monoisotopic (exact) mass is 492 g/mol. The minimum absolute atomic E-state index is 0.179. The second kappa shape index (κ2) is 10.2. The average Bonchev–Trinajstić information content (AvgIpc) is 2.81. The van der Waals surface area contributed by atoms with Gasteiger partial charge in [-0.1, -0.05) is 24.3 Å². The Hall–Kier alpha value is -3.63. The van der Waals surface area contributed by atoms with E-state index in [1.165, 1.54) is 33.1 Å². The number of hydrogen-bond acceptors (Lipinski definition) is 4. The Kier molecular flexibility index (Phi) is 7.18. The van der Waals surface area contributed by atoms with Crippen molar-refractivity contribution >= 4 is 5.97 Å². The van der Waals surface area contributed by atoms with Crippen molar-refractivity contribution in [1.29, 1.82) is 5.26 Å². The van der Waals surface area contributed by atoms with Crippen LogP contribution in [0.2, 0.25) is 0 Å². The smallest absolute Gasteiger partial charge is 0.337 e. The molecule has 1 aliphatic rings. The van der Waals surface area contributed by atoms with Gasteiger partial charge in [0.25, 0.3) is 0 Å². The second-order valence-corrected chi connectivity index (χ2v) is 9.71. The number of nitriles is 1. The lowest BCUT2D eigenvalue weighted by Crippen LogP contribution is -2.53. The van der Waals surface area contributed by atoms with Crippen LogP contribution in [0.5, 0.6) is 0 Å². The first-order chi connectivity index (χ1) is 17.1. The summed E-state index contributed by atoms with van der Waals surface area (Å²) in [5.41, 5.74) is 1.30. The van der Waals surface area contributed by atoms with Gasteiger partial charge in [-0.05, 0) is 72.9 Å². The Morgan fingerprint density at radius 2 is 1.64 bits per heavy atom. The zero-order valence-electron chi connectivity index (χ0n) is 20.3. The zero-order valence-corrected chi connectivity index (χ0v) is 20.3. The molecule has 36 heavy (non-hydrogen) atoms. The van der Waals surface area contributed by atoms with Gasteiger partial charge in [0.15, 0.2) is 0 Å². The van der Waals surface area contributed by atoms with Gasteiger partial charge in [0, 0.05) is 25.1 Å². The number of halogens is 3. The predicted octanol–water partition coefficient (Wildman–Crippen LogP) is 6.18. The number of hydrogen-bond donors (Lipinski definition) is 0. The van der Waals surface area contributed by atoms with Crippen LogP contribution in [0.3, 0.4) is 0 Å².